The van der Waals surface area contributed by atoms with Gasteiger partial charge in [0, 0.05) is 29.9 Å². The SMILES string of the molecule is Cc1cc(N2CC(C(=O)O)C2)cc(-n2cc(O)c3cc(C(F)(F)F)ccc32)c1. The van der Waals surface area contributed by atoms with E-state index in [1.165, 1.54) is 12.3 Å². The lowest BCUT2D eigenvalue weighted by Crippen LogP contribution is -2.50. The molecule has 4 rings (SSSR count). The van der Waals surface area contributed by atoms with Gasteiger partial charge in [-0.1, -0.05) is 0 Å². The van der Waals surface area contributed by atoms with Crippen LogP contribution in [0.25, 0.3) is 16.6 Å². The lowest BCUT2D eigenvalue weighted by molar-refractivity contribution is -0.142. The summed E-state index contributed by atoms with van der Waals surface area (Å²) in [5, 5.41) is 19.3. The second kappa shape index (κ2) is 6.19. The van der Waals surface area contributed by atoms with Crippen LogP contribution in [0.4, 0.5) is 18.9 Å². The molecule has 146 valence electrons. The maximum absolute atomic E-state index is 13.0. The highest BCUT2D eigenvalue weighted by molar-refractivity contribution is 5.89. The lowest BCUT2D eigenvalue weighted by atomic mass is 9.99. The molecule has 8 heteroatoms. The molecule has 5 nitrogen and oxygen atoms in total. The molecule has 0 aliphatic carbocycles. The van der Waals surface area contributed by atoms with Gasteiger partial charge in [0.25, 0.3) is 0 Å². The summed E-state index contributed by atoms with van der Waals surface area (Å²) in [6.07, 6.45) is -3.10. The number of hydrogen-bond donors (Lipinski definition) is 2. The topological polar surface area (TPSA) is 65.7 Å². The van der Waals surface area contributed by atoms with Crippen LogP contribution >= 0.6 is 0 Å². The van der Waals surface area contributed by atoms with E-state index in [0.717, 1.165) is 23.4 Å². The molecule has 1 aliphatic heterocycles. The number of hydrogen-bond acceptors (Lipinski definition) is 3. The Labute approximate surface area is 158 Å². The first-order valence-electron chi connectivity index (χ1n) is 8.64. The summed E-state index contributed by atoms with van der Waals surface area (Å²) in [6.45, 7) is 2.70. The number of halogens is 3. The number of carboxylic acid groups (broad SMARTS) is 1. The predicted octanol–water partition coefficient (Wildman–Crippen LogP) is 4.18. The van der Waals surface area contributed by atoms with Gasteiger partial charge in [0.15, 0.2) is 0 Å². The Balaban J connectivity index is 1.75. The van der Waals surface area contributed by atoms with Gasteiger partial charge in [-0.15, -0.1) is 0 Å². The minimum absolute atomic E-state index is 0.118. The smallest absolute Gasteiger partial charge is 0.416 e. The van der Waals surface area contributed by atoms with Gasteiger partial charge in [-0.3, -0.25) is 4.79 Å². The molecule has 1 fully saturated rings. The summed E-state index contributed by atoms with van der Waals surface area (Å²) in [7, 11) is 0. The van der Waals surface area contributed by atoms with Gasteiger partial charge in [-0.25, -0.2) is 0 Å². The third-order valence-electron chi connectivity index (χ3n) is 5.03. The summed E-state index contributed by atoms with van der Waals surface area (Å²) >= 11 is 0. The molecule has 3 aromatic rings. The molecule has 2 aromatic carbocycles. The highest BCUT2D eigenvalue weighted by Crippen LogP contribution is 2.37. The monoisotopic (exact) mass is 390 g/mol. The number of benzene rings is 2. The van der Waals surface area contributed by atoms with Crippen molar-refractivity contribution in [2.75, 3.05) is 18.0 Å². The molecule has 1 saturated heterocycles. The number of aromatic nitrogens is 1. The van der Waals surface area contributed by atoms with Crippen molar-refractivity contribution >= 4 is 22.6 Å². The molecule has 0 bridgehead atoms. The quantitative estimate of drug-likeness (QED) is 0.704. The zero-order chi connectivity index (χ0) is 20.2. The van der Waals surface area contributed by atoms with Gasteiger partial charge in [-0.2, -0.15) is 13.2 Å². The summed E-state index contributed by atoms with van der Waals surface area (Å²) < 4.78 is 40.5. The van der Waals surface area contributed by atoms with Crippen LogP contribution in [0, 0.1) is 12.8 Å². The highest BCUT2D eigenvalue weighted by atomic mass is 19.4. The van der Waals surface area contributed by atoms with Crippen LogP contribution in [0.1, 0.15) is 11.1 Å². The van der Waals surface area contributed by atoms with E-state index in [2.05, 4.69) is 0 Å². The fourth-order valence-corrected chi connectivity index (χ4v) is 3.51. The molecule has 1 aromatic heterocycles. The number of rotatable bonds is 3. The van der Waals surface area contributed by atoms with Crippen LogP contribution in [0.2, 0.25) is 0 Å². The van der Waals surface area contributed by atoms with Crippen molar-refractivity contribution in [3.05, 3.63) is 53.7 Å². The van der Waals surface area contributed by atoms with Crippen molar-refractivity contribution in [3.63, 3.8) is 0 Å². The van der Waals surface area contributed by atoms with E-state index in [1.54, 1.807) is 4.57 Å². The van der Waals surface area contributed by atoms with Gasteiger partial charge in [0.05, 0.1) is 23.2 Å². The van der Waals surface area contributed by atoms with E-state index >= 15 is 0 Å². The third-order valence-corrected chi connectivity index (χ3v) is 5.03. The van der Waals surface area contributed by atoms with Crippen LogP contribution in [-0.4, -0.2) is 33.8 Å². The molecule has 2 heterocycles. The first kappa shape index (κ1) is 18.2. The number of alkyl halides is 3. The normalized spacial score (nSPS) is 15.1. The molecule has 0 amide bonds. The van der Waals surface area contributed by atoms with Crippen LogP contribution in [0.5, 0.6) is 5.75 Å². The van der Waals surface area contributed by atoms with Crippen LogP contribution in [-0.2, 0) is 11.0 Å². The Bertz CT molecular complexity index is 1080. The molecule has 0 radical (unpaired) electrons. The maximum Gasteiger partial charge on any atom is 0.416 e. The van der Waals surface area contributed by atoms with E-state index in [-0.39, 0.29) is 11.1 Å². The molecule has 0 saturated carbocycles. The molecule has 0 spiro atoms. The lowest BCUT2D eigenvalue weighted by Gasteiger charge is -2.39. The Hall–Kier alpha value is -3.16. The van der Waals surface area contributed by atoms with Gasteiger partial charge in [-0.05, 0) is 48.9 Å². The van der Waals surface area contributed by atoms with Gasteiger partial charge in [0.1, 0.15) is 5.75 Å². The molecule has 1 aliphatic rings. The zero-order valence-electron chi connectivity index (χ0n) is 14.9. The molecular formula is C20H17F3N2O3. The van der Waals surface area contributed by atoms with Crippen molar-refractivity contribution in [2.45, 2.75) is 13.1 Å². The zero-order valence-corrected chi connectivity index (χ0v) is 14.9. The van der Waals surface area contributed by atoms with E-state index in [0.29, 0.717) is 24.3 Å². The average molecular weight is 390 g/mol. The highest BCUT2D eigenvalue weighted by Gasteiger charge is 2.33. The minimum atomic E-state index is -4.49. The maximum atomic E-state index is 13.0. The molecule has 2 N–H and O–H groups in total. The number of carbonyl (C=O) groups is 1. The van der Waals surface area contributed by atoms with Crippen molar-refractivity contribution < 1.29 is 28.2 Å². The Morgan fingerprint density at radius 3 is 2.43 bits per heavy atom. The van der Waals surface area contributed by atoms with Crippen LogP contribution < -0.4 is 4.90 Å². The molecule has 28 heavy (non-hydrogen) atoms. The predicted molar refractivity (Wildman–Crippen MR) is 98.0 cm³/mol. The van der Waals surface area contributed by atoms with Gasteiger partial charge in [0.2, 0.25) is 0 Å². The van der Waals surface area contributed by atoms with E-state index in [1.807, 2.05) is 30.0 Å². The second-order valence-corrected chi connectivity index (χ2v) is 7.08. The second-order valence-electron chi connectivity index (χ2n) is 7.08. The van der Waals surface area contributed by atoms with Gasteiger partial charge >= 0.3 is 12.1 Å². The number of aryl methyl sites for hydroxylation is 1. The van der Waals surface area contributed by atoms with E-state index < -0.39 is 23.6 Å². The Morgan fingerprint density at radius 1 is 1.11 bits per heavy atom. The molecule has 0 unspecified atom stereocenters. The standard InChI is InChI=1S/C20H17F3N2O3/c1-11-4-14(24-8-12(9-24)19(27)28)7-15(5-11)25-10-18(26)16-6-13(20(21,22)23)2-3-17(16)25/h2-7,10,12,26H,8-9H2,1H3,(H,27,28). The Morgan fingerprint density at radius 2 is 1.79 bits per heavy atom. The largest absolute Gasteiger partial charge is 0.506 e. The number of fused-ring (bicyclic) bond motifs is 1. The number of carboxylic acids is 1. The summed E-state index contributed by atoms with van der Waals surface area (Å²) in [4.78, 5) is 13.0. The third kappa shape index (κ3) is 3.04. The summed E-state index contributed by atoms with van der Waals surface area (Å²) in [5.41, 5.74) is 2.06. The van der Waals surface area contributed by atoms with E-state index in [9.17, 15) is 23.1 Å². The molecule has 0 atom stereocenters. The number of nitrogens with zero attached hydrogens (tertiary/aromatic N) is 2. The number of anilines is 1. The van der Waals surface area contributed by atoms with Crippen molar-refractivity contribution in [2.24, 2.45) is 5.92 Å². The molecular weight excluding hydrogens is 373 g/mol. The fourth-order valence-electron chi connectivity index (χ4n) is 3.51. The van der Waals surface area contributed by atoms with Crippen molar-refractivity contribution in [3.8, 4) is 11.4 Å². The minimum Gasteiger partial charge on any atom is -0.506 e. The average Bonchev–Trinajstić information content (AvgIpc) is 2.88. The van der Waals surface area contributed by atoms with Crippen LogP contribution in [0.3, 0.4) is 0 Å². The van der Waals surface area contributed by atoms with Crippen LogP contribution in [0.15, 0.2) is 42.6 Å². The van der Waals surface area contributed by atoms with Crippen molar-refractivity contribution in [1.82, 2.24) is 4.57 Å². The van der Waals surface area contributed by atoms with Crippen molar-refractivity contribution in [1.29, 1.82) is 0 Å². The fraction of sp³-hybridized carbons (Fsp3) is 0.250. The van der Waals surface area contributed by atoms with E-state index in [4.69, 9.17) is 5.11 Å². The van der Waals surface area contributed by atoms with Gasteiger partial charge < -0.3 is 19.7 Å². The number of aromatic hydroxyl groups is 1. The first-order valence-corrected chi connectivity index (χ1v) is 8.64. The first-order chi connectivity index (χ1) is 13.1. The Kier molecular flexibility index (Phi) is 4.02. The summed E-state index contributed by atoms with van der Waals surface area (Å²) in [5.74, 6) is -1.47. The number of aliphatic carboxylic acids is 1. The summed E-state index contributed by atoms with van der Waals surface area (Å²) in [6, 6.07) is 8.88.